The van der Waals surface area contributed by atoms with Crippen molar-refractivity contribution in [2.75, 3.05) is 13.1 Å². The lowest BCUT2D eigenvalue weighted by atomic mass is 10.7. The molecule has 0 bridgehead atoms. The van der Waals surface area contributed by atoms with Crippen molar-refractivity contribution in [1.29, 1.82) is 0 Å². The highest BCUT2D eigenvalue weighted by molar-refractivity contribution is 6.04. The summed E-state index contributed by atoms with van der Waals surface area (Å²) in [7, 11) is 0. The quantitative estimate of drug-likeness (QED) is 0.566. The van der Waals surface area contributed by atoms with Gasteiger partial charge < -0.3 is 3.88 Å². The van der Waals surface area contributed by atoms with Gasteiger partial charge in [0.1, 0.15) is 0 Å². The van der Waals surface area contributed by atoms with E-state index >= 15 is 0 Å². The third-order valence-electron chi connectivity index (χ3n) is 0.812. The van der Waals surface area contributed by atoms with Crippen LogP contribution in [0, 0.1) is 0 Å². The van der Waals surface area contributed by atoms with E-state index in [4.69, 9.17) is 0 Å². The van der Waals surface area contributed by atoms with Crippen molar-refractivity contribution < 1.29 is 0 Å². The van der Waals surface area contributed by atoms with E-state index in [1.165, 1.54) is 0 Å². The maximum Gasteiger partial charge on any atom is 0.255 e. The maximum atomic E-state index is 2.64. The van der Waals surface area contributed by atoms with E-state index in [1.54, 1.807) is 0 Å². The van der Waals surface area contributed by atoms with Crippen LogP contribution in [0.15, 0.2) is 0 Å². The molecule has 1 nitrogen and oxygen atoms in total. The molecular formula is C4H12AlCl2N. The Balaban J connectivity index is -0.000000125. The second-order valence-electron chi connectivity index (χ2n) is 1.22. The van der Waals surface area contributed by atoms with Gasteiger partial charge in [0.15, 0.2) is 0 Å². The Morgan fingerprint density at radius 1 is 1.12 bits per heavy atom. The second kappa shape index (κ2) is 11.0. The summed E-state index contributed by atoms with van der Waals surface area (Å²) in [5.74, 6) is 0. The summed E-state index contributed by atoms with van der Waals surface area (Å²) in [5.41, 5.74) is 0. The van der Waals surface area contributed by atoms with E-state index in [2.05, 4.69) is 34.2 Å². The van der Waals surface area contributed by atoms with E-state index in [0.29, 0.717) is 0 Å². The van der Waals surface area contributed by atoms with Crippen LogP contribution in [0.25, 0.3) is 0 Å². The fourth-order valence-corrected chi connectivity index (χ4v) is 0.224. The molecule has 0 saturated carbocycles. The molecule has 8 heavy (non-hydrogen) atoms. The summed E-state index contributed by atoms with van der Waals surface area (Å²) in [5, 5.41) is 0. The molecular weight excluding hydrogens is 160 g/mol. The highest BCUT2D eigenvalue weighted by Gasteiger charge is 1.80. The lowest BCUT2D eigenvalue weighted by Gasteiger charge is -2.09. The largest absolute Gasteiger partial charge is 0.403 e. The van der Waals surface area contributed by atoms with Gasteiger partial charge in [0, 0.05) is 0 Å². The van der Waals surface area contributed by atoms with Gasteiger partial charge in [0.25, 0.3) is 16.5 Å². The normalized spacial score (nSPS) is 7.38. The molecule has 0 aromatic heterocycles. The minimum Gasteiger partial charge on any atom is -0.403 e. The topological polar surface area (TPSA) is 3.24 Å². The predicted octanol–water partition coefficient (Wildman–Crippen LogP) is 1.26. The summed E-state index contributed by atoms with van der Waals surface area (Å²) < 4.78 is 2.17. The van der Waals surface area contributed by atoms with Crippen LogP contribution in [0.1, 0.15) is 13.8 Å². The fourth-order valence-electron chi connectivity index (χ4n) is 0.224. The maximum absolute atomic E-state index is 2.64. The Morgan fingerprint density at radius 2 is 1.38 bits per heavy atom. The van der Waals surface area contributed by atoms with Crippen LogP contribution in [0.5, 0.6) is 0 Å². The van der Waals surface area contributed by atoms with Crippen LogP contribution in [-0.2, 0) is 0 Å². The Morgan fingerprint density at radius 3 is 1.38 bits per heavy atom. The first-order valence-electron chi connectivity index (χ1n) is 2.30. The number of hydrogen-bond donors (Lipinski definition) is 0. The van der Waals surface area contributed by atoms with Gasteiger partial charge in [0.2, 0.25) is 0 Å². The van der Waals surface area contributed by atoms with Crippen molar-refractivity contribution in [1.82, 2.24) is 3.88 Å². The van der Waals surface area contributed by atoms with Gasteiger partial charge in [-0.3, -0.25) is 0 Å². The van der Waals surface area contributed by atoms with E-state index in [0.717, 1.165) is 13.1 Å². The van der Waals surface area contributed by atoms with Gasteiger partial charge >= 0.3 is 0 Å². The van der Waals surface area contributed by atoms with Crippen LogP contribution in [0.4, 0.5) is 0 Å². The first-order chi connectivity index (χ1) is 2.81. The number of hydrogen-bond acceptors (Lipinski definition) is 1. The van der Waals surface area contributed by atoms with Crippen LogP contribution < -0.4 is 0 Å². The van der Waals surface area contributed by atoms with Crippen molar-refractivity contribution in [2.45, 2.75) is 13.8 Å². The lowest BCUT2D eigenvalue weighted by molar-refractivity contribution is 0.505. The zero-order valence-electron chi connectivity index (χ0n) is 5.26. The first-order valence-corrected chi connectivity index (χ1v) is 2.82. The molecule has 0 N–H and O–H groups in total. The molecule has 4 heteroatoms. The number of nitrogens with zero attached hydrogens (tertiary/aromatic N) is 1. The Hall–Kier alpha value is 1.07. The SMILES string of the molecule is CC[N]([Al])CC.Cl.Cl. The molecule has 0 aliphatic carbocycles. The van der Waals surface area contributed by atoms with Crippen molar-refractivity contribution >= 4 is 41.3 Å². The molecule has 0 rings (SSSR count). The molecule has 0 aromatic rings. The summed E-state index contributed by atoms with van der Waals surface area (Å²) in [6.07, 6.45) is 0. The molecule has 0 aliphatic rings. The van der Waals surface area contributed by atoms with Crippen LogP contribution >= 0.6 is 24.8 Å². The molecule has 0 atom stereocenters. The van der Waals surface area contributed by atoms with E-state index < -0.39 is 0 Å². The van der Waals surface area contributed by atoms with Gasteiger partial charge in [-0.2, -0.15) is 0 Å². The van der Waals surface area contributed by atoms with E-state index in [9.17, 15) is 0 Å². The van der Waals surface area contributed by atoms with Crippen LogP contribution in [0.3, 0.4) is 0 Å². The molecule has 0 fully saturated rings. The molecule has 0 amide bonds. The van der Waals surface area contributed by atoms with Crippen molar-refractivity contribution in [3.63, 3.8) is 0 Å². The molecule has 2 radical (unpaired) electrons. The van der Waals surface area contributed by atoms with E-state index in [-0.39, 0.29) is 24.8 Å². The fraction of sp³-hybridized carbons (Fsp3) is 1.00. The van der Waals surface area contributed by atoms with Gasteiger partial charge in [-0.05, 0) is 13.1 Å². The summed E-state index contributed by atoms with van der Waals surface area (Å²) >= 11 is 2.64. The minimum absolute atomic E-state index is 0. The van der Waals surface area contributed by atoms with Gasteiger partial charge in [-0.1, -0.05) is 13.8 Å². The molecule has 0 unspecified atom stereocenters. The summed E-state index contributed by atoms with van der Waals surface area (Å²) in [6.45, 7) is 6.52. The molecule has 0 saturated heterocycles. The van der Waals surface area contributed by atoms with E-state index in [1.807, 2.05) is 0 Å². The van der Waals surface area contributed by atoms with Gasteiger partial charge in [0.05, 0.1) is 0 Å². The zero-order valence-corrected chi connectivity index (χ0v) is 8.04. The van der Waals surface area contributed by atoms with Crippen molar-refractivity contribution in [2.24, 2.45) is 0 Å². The Bertz CT molecular complexity index is 33.2. The monoisotopic (exact) mass is 171 g/mol. The smallest absolute Gasteiger partial charge is 0.255 e. The minimum atomic E-state index is 0. The summed E-state index contributed by atoms with van der Waals surface area (Å²) in [4.78, 5) is 0. The molecule has 0 aromatic carbocycles. The first kappa shape index (κ1) is 16.0. The molecule has 50 valence electrons. The lowest BCUT2D eigenvalue weighted by Crippen LogP contribution is -2.17. The highest BCUT2D eigenvalue weighted by atomic mass is 35.5. The average molecular weight is 172 g/mol. The van der Waals surface area contributed by atoms with Gasteiger partial charge in [-0.15, -0.1) is 24.8 Å². The average Bonchev–Trinajstić information content (AvgIpc) is 1.65. The molecule has 0 heterocycles. The van der Waals surface area contributed by atoms with Crippen molar-refractivity contribution in [3.05, 3.63) is 0 Å². The standard InChI is InChI=1S/C4H10N.Al.2ClH/c1-3-5-4-2;;;/h3-4H2,1-2H3;;2*1H/q-1;+1;;. The number of halogens is 2. The third kappa shape index (κ3) is 10.1. The third-order valence-corrected chi connectivity index (χ3v) is 1.54. The Kier molecular flexibility index (Phi) is 21.9. The van der Waals surface area contributed by atoms with Crippen LogP contribution in [0.2, 0.25) is 0 Å². The zero-order chi connectivity index (χ0) is 4.99. The molecule has 0 spiro atoms. The van der Waals surface area contributed by atoms with Crippen LogP contribution in [-0.4, -0.2) is 33.5 Å². The van der Waals surface area contributed by atoms with Crippen molar-refractivity contribution in [3.8, 4) is 0 Å². The van der Waals surface area contributed by atoms with Gasteiger partial charge in [-0.25, -0.2) is 0 Å². The molecule has 0 aliphatic heterocycles. The number of rotatable bonds is 2. The highest BCUT2D eigenvalue weighted by Crippen LogP contribution is 1.72. The Labute approximate surface area is 72.3 Å². The second-order valence-corrected chi connectivity index (χ2v) is 1.95. The predicted molar refractivity (Wildman–Crippen MR) is 43.2 cm³/mol. The summed E-state index contributed by atoms with van der Waals surface area (Å²) in [6, 6.07) is 0.